The number of nitrogens with zero attached hydrogens (tertiary/aromatic N) is 1. The Bertz CT molecular complexity index is 417. The quantitative estimate of drug-likeness (QED) is 0.634. The second kappa shape index (κ2) is 6.69. The van der Waals surface area contributed by atoms with E-state index in [0.717, 1.165) is 13.1 Å². The number of hydrogen-bond donors (Lipinski definition) is 2. The van der Waals surface area contributed by atoms with Gasteiger partial charge >= 0.3 is 0 Å². The highest BCUT2D eigenvalue weighted by molar-refractivity contribution is 7.99. The predicted octanol–water partition coefficient (Wildman–Crippen LogP) is 2.58. The third-order valence-corrected chi connectivity index (χ3v) is 4.19. The van der Waals surface area contributed by atoms with Crippen LogP contribution in [0.3, 0.4) is 0 Å². The molecular weight excluding hydrogens is 242 g/mol. The molecule has 0 saturated carbocycles. The predicted molar refractivity (Wildman–Crippen MR) is 79.3 cm³/mol. The second-order valence-electron chi connectivity index (χ2n) is 4.58. The normalized spacial score (nSPS) is 19.2. The van der Waals surface area contributed by atoms with E-state index in [1.165, 1.54) is 29.1 Å². The summed E-state index contributed by atoms with van der Waals surface area (Å²) in [6, 6.07) is 8.82. The molecule has 1 unspecified atom stereocenters. The zero-order chi connectivity index (χ0) is 12.8. The molecular formula is C14H21N3S. The van der Waals surface area contributed by atoms with Crippen molar-refractivity contribution in [3.8, 4) is 0 Å². The number of aliphatic imine (C=N–C) groups is 1. The number of benzene rings is 1. The minimum absolute atomic E-state index is 0.448. The van der Waals surface area contributed by atoms with Gasteiger partial charge in [-0.15, -0.1) is 11.8 Å². The van der Waals surface area contributed by atoms with Crippen molar-refractivity contribution in [2.45, 2.75) is 30.6 Å². The molecule has 0 radical (unpaired) electrons. The zero-order valence-electron chi connectivity index (χ0n) is 10.9. The molecule has 18 heavy (non-hydrogen) atoms. The molecule has 98 valence electrons. The number of nitrogens with two attached hydrogens (primary N) is 1. The molecule has 1 heterocycles. The Hall–Kier alpha value is -1.16. The molecule has 0 fully saturated rings. The molecule has 1 aromatic carbocycles. The average molecular weight is 263 g/mol. The number of unbranched alkanes of at least 4 members (excludes halogenated alkanes) is 1. The van der Waals surface area contributed by atoms with E-state index in [1.807, 2.05) is 11.8 Å². The molecule has 0 aliphatic carbocycles. The van der Waals surface area contributed by atoms with E-state index in [1.54, 1.807) is 0 Å². The van der Waals surface area contributed by atoms with Crippen LogP contribution in [-0.2, 0) is 0 Å². The van der Waals surface area contributed by atoms with Gasteiger partial charge < -0.3 is 11.1 Å². The molecule has 0 bridgehead atoms. The lowest BCUT2D eigenvalue weighted by Gasteiger charge is -2.21. The fourth-order valence-electron chi connectivity index (χ4n) is 1.97. The Morgan fingerprint density at radius 1 is 1.50 bits per heavy atom. The van der Waals surface area contributed by atoms with Crippen LogP contribution in [0.25, 0.3) is 0 Å². The van der Waals surface area contributed by atoms with E-state index in [9.17, 15) is 0 Å². The molecule has 1 aromatic rings. The second-order valence-corrected chi connectivity index (χ2v) is 5.75. The lowest BCUT2D eigenvalue weighted by molar-refractivity contribution is 0.634. The highest BCUT2D eigenvalue weighted by atomic mass is 32.2. The molecule has 0 saturated heterocycles. The van der Waals surface area contributed by atoms with Crippen molar-refractivity contribution < 1.29 is 0 Å². The van der Waals surface area contributed by atoms with E-state index in [4.69, 9.17) is 5.73 Å². The molecule has 1 atom stereocenters. The number of guanidine groups is 1. The molecule has 0 aromatic heterocycles. The molecule has 3 nitrogen and oxygen atoms in total. The van der Waals surface area contributed by atoms with Gasteiger partial charge in [-0.25, -0.2) is 0 Å². The summed E-state index contributed by atoms with van der Waals surface area (Å²) in [4.78, 5) is 5.63. The lowest BCUT2D eigenvalue weighted by Crippen LogP contribution is -2.39. The Balaban J connectivity index is 1.98. The van der Waals surface area contributed by atoms with Gasteiger partial charge in [0.2, 0.25) is 0 Å². The van der Waals surface area contributed by atoms with Crippen LogP contribution in [0.4, 0.5) is 0 Å². The highest BCUT2D eigenvalue weighted by Crippen LogP contribution is 2.25. The fraction of sp³-hybridized carbons (Fsp3) is 0.500. The van der Waals surface area contributed by atoms with Crippen molar-refractivity contribution in [2.75, 3.05) is 18.8 Å². The minimum atomic E-state index is 0.448. The van der Waals surface area contributed by atoms with Gasteiger partial charge in [-0.3, -0.25) is 4.99 Å². The summed E-state index contributed by atoms with van der Waals surface area (Å²) in [6.07, 6.45) is 2.54. The third kappa shape index (κ3) is 3.67. The standard InChI is InChI=1S/C14H21N3S/c1-2-3-7-18-13-6-4-5-11(8-13)12-9-16-14(15)17-10-12/h4-6,8,12H,2-3,7,9-10H2,1H3,(H3,15,16,17). The van der Waals surface area contributed by atoms with Crippen LogP contribution in [0.15, 0.2) is 34.2 Å². The maximum absolute atomic E-state index is 5.62. The van der Waals surface area contributed by atoms with Crippen molar-refractivity contribution in [1.82, 2.24) is 5.32 Å². The van der Waals surface area contributed by atoms with Crippen LogP contribution < -0.4 is 11.1 Å². The Morgan fingerprint density at radius 2 is 2.39 bits per heavy atom. The Labute approximate surface area is 113 Å². The van der Waals surface area contributed by atoms with E-state index in [-0.39, 0.29) is 0 Å². The van der Waals surface area contributed by atoms with Crippen LogP contribution in [-0.4, -0.2) is 24.8 Å². The number of rotatable bonds is 5. The fourth-order valence-corrected chi connectivity index (χ4v) is 3.04. The molecule has 0 amide bonds. The molecule has 3 N–H and O–H groups in total. The van der Waals surface area contributed by atoms with Crippen molar-refractivity contribution >= 4 is 17.7 Å². The zero-order valence-corrected chi connectivity index (χ0v) is 11.7. The van der Waals surface area contributed by atoms with Gasteiger partial charge in [-0.1, -0.05) is 25.5 Å². The molecule has 0 spiro atoms. The van der Waals surface area contributed by atoms with Crippen molar-refractivity contribution in [2.24, 2.45) is 10.7 Å². The average Bonchev–Trinajstić information content (AvgIpc) is 2.40. The summed E-state index contributed by atoms with van der Waals surface area (Å²) in [6.45, 7) is 3.91. The summed E-state index contributed by atoms with van der Waals surface area (Å²) in [7, 11) is 0. The summed E-state index contributed by atoms with van der Waals surface area (Å²) >= 11 is 1.94. The van der Waals surface area contributed by atoms with E-state index in [0.29, 0.717) is 11.9 Å². The highest BCUT2D eigenvalue weighted by Gasteiger charge is 2.15. The van der Waals surface area contributed by atoms with Crippen molar-refractivity contribution in [3.05, 3.63) is 29.8 Å². The van der Waals surface area contributed by atoms with Gasteiger partial charge in [-0.2, -0.15) is 0 Å². The van der Waals surface area contributed by atoms with Crippen LogP contribution in [0.2, 0.25) is 0 Å². The van der Waals surface area contributed by atoms with Crippen molar-refractivity contribution in [1.29, 1.82) is 0 Å². The SMILES string of the molecule is CCCCSc1cccc(C2CN=C(N)NC2)c1. The van der Waals surface area contributed by atoms with Gasteiger partial charge in [-0.05, 0) is 29.9 Å². The topological polar surface area (TPSA) is 50.4 Å². The molecule has 1 aliphatic heterocycles. The van der Waals surface area contributed by atoms with Gasteiger partial charge in [0.1, 0.15) is 0 Å². The summed E-state index contributed by atoms with van der Waals surface area (Å²) in [5.41, 5.74) is 6.98. The van der Waals surface area contributed by atoms with Crippen LogP contribution in [0.5, 0.6) is 0 Å². The van der Waals surface area contributed by atoms with Crippen LogP contribution >= 0.6 is 11.8 Å². The summed E-state index contributed by atoms with van der Waals surface area (Å²) in [5, 5.41) is 3.12. The third-order valence-electron chi connectivity index (χ3n) is 3.11. The number of thioether (sulfide) groups is 1. The number of nitrogens with one attached hydrogen (secondary N) is 1. The van der Waals surface area contributed by atoms with E-state index in [2.05, 4.69) is 41.5 Å². The number of hydrogen-bond acceptors (Lipinski definition) is 4. The first-order chi connectivity index (χ1) is 8.79. The minimum Gasteiger partial charge on any atom is -0.370 e. The van der Waals surface area contributed by atoms with Gasteiger partial charge in [0.05, 0.1) is 6.54 Å². The first kappa shape index (κ1) is 13.3. The van der Waals surface area contributed by atoms with Crippen LogP contribution in [0, 0.1) is 0 Å². The summed E-state index contributed by atoms with van der Waals surface area (Å²) in [5.74, 6) is 2.22. The monoisotopic (exact) mass is 263 g/mol. The van der Waals surface area contributed by atoms with E-state index < -0.39 is 0 Å². The molecule has 1 aliphatic rings. The molecule has 4 heteroatoms. The first-order valence-electron chi connectivity index (χ1n) is 6.56. The smallest absolute Gasteiger partial charge is 0.188 e. The molecule has 2 rings (SSSR count). The van der Waals surface area contributed by atoms with Gasteiger partial charge in [0.25, 0.3) is 0 Å². The summed E-state index contributed by atoms with van der Waals surface area (Å²) < 4.78 is 0. The van der Waals surface area contributed by atoms with Crippen molar-refractivity contribution in [3.63, 3.8) is 0 Å². The Morgan fingerprint density at radius 3 is 3.11 bits per heavy atom. The maximum atomic E-state index is 5.62. The largest absolute Gasteiger partial charge is 0.370 e. The first-order valence-corrected chi connectivity index (χ1v) is 7.54. The van der Waals surface area contributed by atoms with Crippen LogP contribution in [0.1, 0.15) is 31.2 Å². The lowest BCUT2D eigenvalue weighted by atomic mass is 9.98. The van der Waals surface area contributed by atoms with Gasteiger partial charge in [0, 0.05) is 17.4 Å². The Kier molecular flexibility index (Phi) is 4.93. The van der Waals surface area contributed by atoms with E-state index >= 15 is 0 Å². The maximum Gasteiger partial charge on any atom is 0.188 e. The van der Waals surface area contributed by atoms with Gasteiger partial charge in [0.15, 0.2) is 5.96 Å².